The molecular weight excluding hydrogens is 1390 g/mol. The second-order valence-corrected chi connectivity index (χ2v) is 28.9. The lowest BCUT2D eigenvalue weighted by Crippen LogP contribution is -1.98. The fourth-order valence-corrected chi connectivity index (χ4v) is 17.2. The summed E-state index contributed by atoms with van der Waals surface area (Å²) in [7, 11) is 0. The topological polar surface area (TPSA) is 92.9 Å². The van der Waals surface area contributed by atoms with Gasteiger partial charge in [-0.05, 0) is 207 Å². The number of pyridine rings is 3. The lowest BCUT2D eigenvalue weighted by atomic mass is 9.93. The van der Waals surface area contributed by atoms with Gasteiger partial charge in [-0.25, -0.2) is 0 Å². The smallest absolute Gasteiger partial charge is 0.153 e. The number of aromatic nitrogens is 6. The van der Waals surface area contributed by atoms with Crippen LogP contribution in [0.5, 0.6) is 0 Å². The molecule has 0 saturated carbocycles. The highest BCUT2D eigenvalue weighted by molar-refractivity contribution is 6.13. The molecule has 114 heavy (non-hydrogen) atoms. The molecule has 9 heterocycles. The summed E-state index contributed by atoms with van der Waals surface area (Å²) < 4.78 is 25.1. The molecule has 9 heteroatoms. The molecule has 0 saturated heterocycles. The van der Waals surface area contributed by atoms with Crippen LogP contribution in [0.2, 0.25) is 0 Å². The minimum Gasteiger partial charge on any atom is -0.454 e. The number of hydrogen-bond donors (Lipinski definition) is 0. The van der Waals surface area contributed by atoms with Crippen molar-refractivity contribution in [3.8, 4) is 83.8 Å². The predicted molar refractivity (Wildman–Crippen MR) is 470 cm³/mol. The molecule has 24 aromatic rings. The number of benzene rings is 15. The lowest BCUT2D eigenvalue weighted by molar-refractivity contribution is 0.668. The Balaban J connectivity index is 0.000000104. The average molecular weight is 1460 g/mol. The molecule has 0 spiro atoms. The van der Waals surface area contributed by atoms with Gasteiger partial charge in [0.2, 0.25) is 0 Å². The summed E-state index contributed by atoms with van der Waals surface area (Å²) in [5.41, 5.74) is 32.5. The van der Waals surface area contributed by atoms with Crippen molar-refractivity contribution in [3.63, 3.8) is 0 Å². The van der Waals surface area contributed by atoms with Gasteiger partial charge in [-0.3, -0.25) is 15.0 Å². The molecule has 0 amide bonds. The molecule has 0 N–H and O–H groups in total. The summed E-state index contributed by atoms with van der Waals surface area (Å²) in [6.45, 7) is 0. The van der Waals surface area contributed by atoms with Crippen LogP contribution in [0, 0.1) is 0 Å². The van der Waals surface area contributed by atoms with E-state index < -0.39 is 0 Å². The molecule has 0 radical (unpaired) electrons. The molecule has 9 nitrogen and oxygen atoms in total. The van der Waals surface area contributed by atoms with E-state index in [0.29, 0.717) is 0 Å². The van der Waals surface area contributed by atoms with Crippen molar-refractivity contribution in [2.45, 2.75) is 0 Å². The van der Waals surface area contributed by atoms with Crippen LogP contribution >= 0.6 is 0 Å². The van der Waals surface area contributed by atoms with Gasteiger partial charge in [0.25, 0.3) is 0 Å². The summed E-state index contributed by atoms with van der Waals surface area (Å²) in [4.78, 5) is 13.7. The normalized spacial score (nSPS) is 11.7. The van der Waals surface area contributed by atoms with E-state index >= 15 is 0 Å². The number of nitrogens with zero attached hydrogens (tertiary/aromatic N) is 6. The maximum Gasteiger partial charge on any atom is 0.153 e. The maximum atomic E-state index is 6.04. The Morgan fingerprint density at radius 1 is 0.175 bits per heavy atom. The van der Waals surface area contributed by atoms with Gasteiger partial charge < -0.3 is 27.0 Å². The fraction of sp³-hybridized carbons (Fsp3) is 0. The molecule has 9 aromatic heterocycles. The quantitative estimate of drug-likeness (QED) is 0.143. The maximum absolute atomic E-state index is 6.04. The van der Waals surface area contributed by atoms with Crippen LogP contribution in [-0.2, 0) is 0 Å². The molecule has 0 bridgehead atoms. The van der Waals surface area contributed by atoms with Crippen molar-refractivity contribution < 1.29 is 13.3 Å². The van der Waals surface area contributed by atoms with Crippen molar-refractivity contribution >= 4 is 132 Å². The van der Waals surface area contributed by atoms with Gasteiger partial charge in [-0.1, -0.05) is 237 Å². The first kappa shape index (κ1) is 65.6. The zero-order chi connectivity index (χ0) is 75.2. The van der Waals surface area contributed by atoms with Crippen LogP contribution in [0.15, 0.2) is 414 Å². The Morgan fingerprint density at radius 3 is 0.947 bits per heavy atom. The zero-order valence-corrected chi connectivity index (χ0v) is 61.5. The lowest BCUT2D eigenvalue weighted by Gasteiger charge is -2.17. The molecule has 0 aliphatic heterocycles. The van der Waals surface area contributed by atoms with E-state index in [2.05, 4.69) is 368 Å². The third-order valence-corrected chi connectivity index (χ3v) is 22.4. The van der Waals surface area contributed by atoms with Crippen molar-refractivity contribution in [1.29, 1.82) is 0 Å². The molecule has 0 unspecified atom stereocenters. The second-order valence-electron chi connectivity index (χ2n) is 28.9. The van der Waals surface area contributed by atoms with Crippen LogP contribution in [0.1, 0.15) is 0 Å². The highest BCUT2D eigenvalue weighted by Gasteiger charge is 2.21. The Kier molecular flexibility index (Phi) is 15.7. The monoisotopic (exact) mass is 1460 g/mol. The van der Waals surface area contributed by atoms with Crippen molar-refractivity contribution in [2.24, 2.45) is 0 Å². The molecule has 534 valence electrons. The van der Waals surface area contributed by atoms with Gasteiger partial charge in [-0.2, -0.15) is 0 Å². The Morgan fingerprint density at radius 2 is 0.491 bits per heavy atom. The molecule has 15 aromatic carbocycles. The van der Waals surface area contributed by atoms with E-state index in [1.807, 2.05) is 61.1 Å². The van der Waals surface area contributed by atoms with Gasteiger partial charge in [0.1, 0.15) is 33.3 Å². The van der Waals surface area contributed by atoms with Crippen molar-refractivity contribution in [2.75, 3.05) is 0 Å². The molecule has 24 rings (SSSR count). The minimum atomic E-state index is 0.810. The molecule has 0 aliphatic carbocycles. The van der Waals surface area contributed by atoms with E-state index in [1.54, 1.807) is 0 Å². The first-order valence-corrected chi connectivity index (χ1v) is 38.4. The van der Waals surface area contributed by atoms with E-state index in [9.17, 15) is 0 Å². The predicted octanol–water partition coefficient (Wildman–Crippen LogP) is 28.2. The Hall–Kier alpha value is -15.5. The molecule has 0 fully saturated rings. The number of rotatable bonds is 9. The van der Waals surface area contributed by atoms with E-state index in [0.717, 1.165) is 100.0 Å². The van der Waals surface area contributed by atoms with Crippen LogP contribution in [0.4, 0.5) is 0 Å². The Labute approximate surface area is 654 Å². The Bertz CT molecular complexity index is 7740. The summed E-state index contributed by atoms with van der Waals surface area (Å²) in [5, 5.41) is 10.7. The van der Waals surface area contributed by atoms with Gasteiger partial charge in [0.15, 0.2) is 16.7 Å². The van der Waals surface area contributed by atoms with Crippen molar-refractivity contribution in [1.82, 2.24) is 28.7 Å². The van der Waals surface area contributed by atoms with E-state index in [-0.39, 0.29) is 0 Å². The van der Waals surface area contributed by atoms with Crippen LogP contribution < -0.4 is 0 Å². The minimum absolute atomic E-state index is 0.810. The van der Waals surface area contributed by atoms with Crippen LogP contribution in [0.25, 0.3) is 215 Å². The highest BCUT2D eigenvalue weighted by atomic mass is 16.3. The number of para-hydroxylation sites is 7. The van der Waals surface area contributed by atoms with Gasteiger partial charge in [-0.15, -0.1) is 0 Å². The van der Waals surface area contributed by atoms with Crippen LogP contribution in [-0.4, -0.2) is 28.7 Å². The standard InChI is InChI=1S/3C35H22N2O/c1-3-11-31-28(9-1)29-10-2-4-12-32(29)37(31)27-17-14-23(15-18-27)24-7-5-8-25(21-24)26-16-19-33-30(22-26)35-34(38-33)13-6-20-36-35;1-2-11-25(24(10-1)23-19-20-33-29(22-23)35-34(38-33)18-9-21-36-35)26-12-3-6-15-30(26)37-31-16-7-4-13-27(31)28-14-5-8-17-32(28)37;1-2-12-27(24-18-19-33-30(22-24)35-34(38-33)17-8-20-36-35)26(11-1)23-9-7-10-25(21-23)37-31-15-5-3-13-28(31)29-14-4-6-16-32(29)37/h3*1-22H. The zero-order valence-electron chi connectivity index (χ0n) is 61.5. The third kappa shape index (κ3) is 11.1. The summed E-state index contributed by atoms with van der Waals surface area (Å²) in [6.07, 6.45) is 5.45. The van der Waals surface area contributed by atoms with E-state index in [1.165, 1.54) is 115 Å². The fourth-order valence-electron chi connectivity index (χ4n) is 17.2. The second kappa shape index (κ2) is 27.3. The summed E-state index contributed by atoms with van der Waals surface area (Å²) in [6, 6.07) is 135. The largest absolute Gasteiger partial charge is 0.454 e. The van der Waals surface area contributed by atoms with E-state index in [4.69, 9.17) is 13.3 Å². The number of hydrogen-bond acceptors (Lipinski definition) is 6. The highest BCUT2D eigenvalue weighted by Crippen LogP contribution is 2.44. The van der Waals surface area contributed by atoms with Gasteiger partial charge in [0, 0.05) is 84.0 Å². The van der Waals surface area contributed by atoms with Gasteiger partial charge >= 0.3 is 0 Å². The van der Waals surface area contributed by atoms with Gasteiger partial charge in [0.05, 0.1) is 38.8 Å². The number of fused-ring (bicyclic) bond motifs is 18. The van der Waals surface area contributed by atoms with Crippen molar-refractivity contribution in [3.05, 3.63) is 401 Å². The first-order valence-electron chi connectivity index (χ1n) is 38.4. The average Bonchev–Trinajstić information content (AvgIpc) is 1.61. The SMILES string of the molecule is c1cc(-c2ccc(-n3c4ccccc4c4ccccc43)cc2)cc(-c2ccc3oc4cccnc4c3c2)c1.c1cc(-c2ccccc2-c2ccc3oc4cccnc4c3c2)cc(-n2c3ccccc3c3ccccc32)c1.c1ccc(-c2ccccc2-n2c3ccccc3c3ccccc32)c(-c2ccc3oc4cccnc4c3c2)c1. The molecule has 0 atom stereocenters. The summed E-state index contributed by atoms with van der Waals surface area (Å²) >= 11 is 0. The third-order valence-electron chi connectivity index (χ3n) is 22.4. The first-order chi connectivity index (χ1) is 56.5. The summed E-state index contributed by atoms with van der Waals surface area (Å²) in [5.74, 6) is 0. The number of furan rings is 3. The molecule has 0 aliphatic rings. The molecular formula is C105H66N6O3. The van der Waals surface area contributed by atoms with Crippen LogP contribution in [0.3, 0.4) is 0 Å².